The molecule has 0 radical (unpaired) electrons. The highest BCUT2D eigenvalue weighted by Gasteiger charge is 2.30. The summed E-state index contributed by atoms with van der Waals surface area (Å²) in [6, 6.07) is 5.17. The van der Waals surface area contributed by atoms with Crippen LogP contribution in [0.4, 0.5) is 13.2 Å². The number of halogens is 3. The zero-order valence-corrected chi connectivity index (χ0v) is 12.0. The number of hydrogen-bond acceptors (Lipinski definition) is 3. The maximum atomic E-state index is 12.6. The molecule has 2 rings (SSSR count). The molecule has 0 saturated carbocycles. The van der Waals surface area contributed by atoms with Crippen molar-refractivity contribution in [2.24, 2.45) is 0 Å². The molecule has 0 aliphatic rings. The molecule has 0 aliphatic heterocycles. The lowest BCUT2D eigenvalue weighted by atomic mass is 10.0. The van der Waals surface area contributed by atoms with Gasteiger partial charge >= 0.3 is 6.18 Å². The molecule has 0 amide bonds. The highest BCUT2D eigenvalue weighted by molar-refractivity contribution is 7.09. The number of aromatic nitrogens is 1. The van der Waals surface area contributed by atoms with Crippen LogP contribution in [0.25, 0.3) is 0 Å². The third-order valence-electron chi connectivity index (χ3n) is 3.02. The van der Waals surface area contributed by atoms with Crippen molar-refractivity contribution >= 4 is 11.3 Å². The van der Waals surface area contributed by atoms with Gasteiger partial charge in [0.1, 0.15) is 0 Å². The Morgan fingerprint density at radius 1 is 1.25 bits per heavy atom. The molecule has 0 saturated heterocycles. The number of thiazole rings is 1. The average molecular weight is 300 g/mol. The van der Waals surface area contributed by atoms with E-state index in [0.29, 0.717) is 0 Å². The summed E-state index contributed by atoms with van der Waals surface area (Å²) < 4.78 is 37.7. The first-order valence-electron chi connectivity index (χ1n) is 6.24. The van der Waals surface area contributed by atoms with Gasteiger partial charge in [0.15, 0.2) is 0 Å². The summed E-state index contributed by atoms with van der Waals surface area (Å²) in [7, 11) is 0. The molecule has 6 heteroatoms. The third-order valence-corrected chi connectivity index (χ3v) is 4.02. The zero-order chi connectivity index (χ0) is 14.8. The van der Waals surface area contributed by atoms with E-state index in [2.05, 4.69) is 10.3 Å². The van der Waals surface area contributed by atoms with Crippen LogP contribution >= 0.6 is 11.3 Å². The highest BCUT2D eigenvalue weighted by Crippen LogP contribution is 2.32. The molecule has 2 nitrogen and oxygen atoms in total. The number of rotatable bonds is 4. The normalized spacial score (nSPS) is 13.4. The molecule has 2 aromatic rings. The lowest BCUT2D eigenvalue weighted by molar-refractivity contribution is -0.137. The van der Waals surface area contributed by atoms with Crippen molar-refractivity contribution in [2.45, 2.75) is 26.1 Å². The van der Waals surface area contributed by atoms with Crippen LogP contribution in [0, 0.1) is 6.92 Å². The molecule has 1 atom stereocenters. The Labute approximate surface area is 119 Å². The standard InChI is InChI=1S/C14H15F3N2S/c1-3-18-12(13-9(2)19-8-20-13)10-4-6-11(7-5-10)14(15,16)17/h4-8,12,18H,3H2,1-2H3. The molecule has 1 aromatic carbocycles. The predicted molar refractivity (Wildman–Crippen MR) is 73.8 cm³/mol. The zero-order valence-electron chi connectivity index (χ0n) is 11.2. The van der Waals surface area contributed by atoms with Crippen molar-refractivity contribution in [1.29, 1.82) is 0 Å². The van der Waals surface area contributed by atoms with E-state index in [1.54, 1.807) is 5.51 Å². The SMILES string of the molecule is CCNC(c1ccc(C(F)(F)F)cc1)c1scnc1C. The van der Waals surface area contributed by atoms with Crippen molar-refractivity contribution in [2.75, 3.05) is 6.54 Å². The van der Waals surface area contributed by atoms with E-state index < -0.39 is 11.7 Å². The van der Waals surface area contributed by atoms with Gasteiger partial charge in [-0.15, -0.1) is 11.3 Å². The number of aryl methyl sites for hydroxylation is 1. The number of nitrogens with zero attached hydrogens (tertiary/aromatic N) is 1. The monoisotopic (exact) mass is 300 g/mol. The Bertz CT molecular complexity index is 561. The number of nitrogens with one attached hydrogen (secondary N) is 1. The highest BCUT2D eigenvalue weighted by atomic mass is 32.1. The second-order valence-electron chi connectivity index (χ2n) is 4.41. The fourth-order valence-electron chi connectivity index (χ4n) is 2.02. The van der Waals surface area contributed by atoms with E-state index in [1.165, 1.54) is 23.5 Å². The Balaban J connectivity index is 2.33. The maximum Gasteiger partial charge on any atom is 0.416 e. The van der Waals surface area contributed by atoms with E-state index in [-0.39, 0.29) is 6.04 Å². The number of benzene rings is 1. The minimum atomic E-state index is -4.30. The summed E-state index contributed by atoms with van der Waals surface area (Å²) in [5.41, 5.74) is 2.84. The van der Waals surface area contributed by atoms with Gasteiger partial charge in [0.25, 0.3) is 0 Å². The number of alkyl halides is 3. The van der Waals surface area contributed by atoms with Crippen molar-refractivity contribution in [3.05, 3.63) is 51.5 Å². The Kier molecular flexibility index (Phi) is 4.45. The molecular formula is C14H15F3N2S. The first-order valence-corrected chi connectivity index (χ1v) is 7.12. The van der Waals surface area contributed by atoms with Gasteiger partial charge in [-0.25, -0.2) is 4.98 Å². The van der Waals surface area contributed by atoms with Gasteiger partial charge in [-0.05, 0) is 31.2 Å². The fraction of sp³-hybridized carbons (Fsp3) is 0.357. The molecule has 1 heterocycles. The van der Waals surface area contributed by atoms with E-state index in [0.717, 1.165) is 34.8 Å². The molecule has 1 N–H and O–H groups in total. The summed E-state index contributed by atoms with van der Waals surface area (Å²) in [5.74, 6) is 0. The first-order chi connectivity index (χ1) is 9.43. The molecule has 0 bridgehead atoms. The Hall–Kier alpha value is -1.40. The smallest absolute Gasteiger partial charge is 0.306 e. The van der Waals surface area contributed by atoms with Gasteiger partial charge in [0.05, 0.1) is 22.8 Å². The van der Waals surface area contributed by atoms with Crippen LogP contribution in [-0.2, 0) is 6.18 Å². The topological polar surface area (TPSA) is 24.9 Å². The van der Waals surface area contributed by atoms with E-state index in [1.807, 2.05) is 13.8 Å². The van der Waals surface area contributed by atoms with Gasteiger partial charge in [-0.3, -0.25) is 0 Å². The summed E-state index contributed by atoms with van der Waals surface area (Å²) in [4.78, 5) is 5.23. The van der Waals surface area contributed by atoms with Crippen LogP contribution in [0.15, 0.2) is 29.8 Å². The van der Waals surface area contributed by atoms with Crippen LogP contribution in [0.2, 0.25) is 0 Å². The van der Waals surface area contributed by atoms with Crippen molar-refractivity contribution in [1.82, 2.24) is 10.3 Å². The van der Waals surface area contributed by atoms with Crippen LogP contribution in [0.3, 0.4) is 0 Å². The lowest BCUT2D eigenvalue weighted by Crippen LogP contribution is -2.22. The van der Waals surface area contributed by atoms with E-state index >= 15 is 0 Å². The summed E-state index contributed by atoms with van der Waals surface area (Å²) in [6.07, 6.45) is -4.30. The quantitative estimate of drug-likeness (QED) is 0.916. The molecule has 1 aromatic heterocycles. The van der Waals surface area contributed by atoms with Gasteiger partial charge in [0.2, 0.25) is 0 Å². The van der Waals surface area contributed by atoms with E-state index in [9.17, 15) is 13.2 Å². The summed E-state index contributed by atoms with van der Waals surface area (Å²) >= 11 is 1.51. The minimum Gasteiger partial charge on any atom is -0.306 e. The second-order valence-corrected chi connectivity index (χ2v) is 5.30. The maximum absolute atomic E-state index is 12.6. The van der Waals surface area contributed by atoms with Crippen LogP contribution < -0.4 is 5.32 Å². The predicted octanol–water partition coefficient (Wildman–Crippen LogP) is 4.17. The van der Waals surface area contributed by atoms with Gasteiger partial charge < -0.3 is 5.32 Å². The van der Waals surface area contributed by atoms with Crippen LogP contribution in [0.1, 0.15) is 34.7 Å². The molecule has 1 unspecified atom stereocenters. The second kappa shape index (κ2) is 5.93. The largest absolute Gasteiger partial charge is 0.416 e. The summed E-state index contributed by atoms with van der Waals surface area (Å²) in [5, 5.41) is 3.29. The molecule has 0 aliphatic carbocycles. The van der Waals surface area contributed by atoms with E-state index in [4.69, 9.17) is 0 Å². The fourth-order valence-corrected chi connectivity index (χ4v) is 2.92. The van der Waals surface area contributed by atoms with Gasteiger partial charge in [-0.2, -0.15) is 13.2 Å². The van der Waals surface area contributed by atoms with Crippen molar-refractivity contribution < 1.29 is 13.2 Å². The van der Waals surface area contributed by atoms with Crippen molar-refractivity contribution in [3.63, 3.8) is 0 Å². The van der Waals surface area contributed by atoms with Crippen LogP contribution in [0.5, 0.6) is 0 Å². The average Bonchev–Trinajstić information content (AvgIpc) is 2.81. The lowest BCUT2D eigenvalue weighted by Gasteiger charge is -2.18. The molecule has 0 spiro atoms. The minimum absolute atomic E-state index is 0.116. The third kappa shape index (κ3) is 3.19. The molecule has 108 valence electrons. The van der Waals surface area contributed by atoms with Crippen LogP contribution in [-0.4, -0.2) is 11.5 Å². The van der Waals surface area contributed by atoms with Crippen molar-refractivity contribution in [3.8, 4) is 0 Å². The van der Waals surface area contributed by atoms with Gasteiger partial charge in [0, 0.05) is 4.88 Å². The van der Waals surface area contributed by atoms with Gasteiger partial charge in [-0.1, -0.05) is 19.1 Å². The Morgan fingerprint density at radius 2 is 1.90 bits per heavy atom. The number of hydrogen-bond donors (Lipinski definition) is 1. The molecular weight excluding hydrogens is 285 g/mol. The first kappa shape index (κ1) is 15.0. The molecule has 0 fully saturated rings. The summed E-state index contributed by atoms with van der Waals surface area (Å²) in [6.45, 7) is 4.59. The Morgan fingerprint density at radius 3 is 2.35 bits per heavy atom. The molecule has 20 heavy (non-hydrogen) atoms.